The minimum atomic E-state index is 0.0383. The molecule has 1 amide bonds. The molecule has 0 saturated carbocycles. The van der Waals surface area contributed by atoms with Gasteiger partial charge in [-0.1, -0.05) is 43.8 Å². The van der Waals surface area contributed by atoms with Crippen LogP contribution in [0, 0.1) is 5.92 Å². The van der Waals surface area contributed by atoms with Crippen LogP contribution in [-0.4, -0.2) is 43.0 Å². The molecule has 1 aromatic carbocycles. The fourth-order valence-corrected chi connectivity index (χ4v) is 4.02. The van der Waals surface area contributed by atoms with Gasteiger partial charge in [-0.2, -0.15) is 0 Å². The highest BCUT2D eigenvalue weighted by atomic mass is 16.1. The summed E-state index contributed by atoms with van der Waals surface area (Å²) in [6.07, 6.45) is 6.43. The number of hydrogen-bond acceptors (Lipinski definition) is 3. The molecule has 1 aliphatic heterocycles. The Hall–Kier alpha value is -1.81. The Bertz CT molecular complexity index is 587. The van der Waals surface area contributed by atoms with Crippen LogP contribution in [0.2, 0.25) is 0 Å². The maximum absolute atomic E-state index is 11.7. The zero-order valence-corrected chi connectivity index (χ0v) is 17.3. The predicted octanol–water partition coefficient (Wildman–Crippen LogP) is 3.74. The lowest BCUT2D eigenvalue weighted by atomic mass is 9.94. The third kappa shape index (κ3) is 7.76. The van der Waals surface area contributed by atoms with E-state index in [1.54, 1.807) is 6.92 Å². The number of rotatable bonds is 9. The van der Waals surface area contributed by atoms with Crippen LogP contribution in [0.15, 0.2) is 42.6 Å². The summed E-state index contributed by atoms with van der Waals surface area (Å²) >= 11 is 0. The first-order chi connectivity index (χ1) is 13.0. The molecule has 4 nitrogen and oxygen atoms in total. The standard InChI is InChI=1S/C23H37N3O/c1-5-22(24-18(2)21-12-9-14-26(4)15-13-21)17-23(25-19(3)27)16-20-10-7-6-8-11-20/h6-8,10-11,21-24H,2,5,9,12-17H2,1,3-4H3,(H,25,27). The minimum Gasteiger partial charge on any atom is -0.386 e. The fourth-order valence-electron chi connectivity index (χ4n) is 4.02. The van der Waals surface area contributed by atoms with Crippen molar-refractivity contribution in [2.75, 3.05) is 20.1 Å². The number of benzene rings is 1. The summed E-state index contributed by atoms with van der Waals surface area (Å²) < 4.78 is 0. The van der Waals surface area contributed by atoms with E-state index in [0.717, 1.165) is 25.8 Å². The van der Waals surface area contributed by atoms with Gasteiger partial charge in [-0.25, -0.2) is 0 Å². The normalized spacial score (nSPS) is 20.3. The van der Waals surface area contributed by atoms with E-state index in [1.165, 1.54) is 37.1 Å². The molecule has 1 fully saturated rings. The Labute approximate surface area is 165 Å². The molecule has 0 bridgehead atoms. The van der Waals surface area contributed by atoms with Crippen LogP contribution in [0.4, 0.5) is 0 Å². The second kappa shape index (κ2) is 11.1. The Morgan fingerprint density at radius 2 is 1.93 bits per heavy atom. The van der Waals surface area contributed by atoms with Crippen LogP contribution in [0.1, 0.15) is 51.5 Å². The maximum atomic E-state index is 11.7. The summed E-state index contributed by atoms with van der Waals surface area (Å²) in [7, 11) is 2.20. The lowest BCUT2D eigenvalue weighted by molar-refractivity contribution is -0.119. The number of amides is 1. The lowest BCUT2D eigenvalue weighted by Gasteiger charge is -2.28. The second-order valence-corrected chi connectivity index (χ2v) is 8.03. The molecule has 2 N–H and O–H groups in total. The number of nitrogens with one attached hydrogen (secondary N) is 2. The van der Waals surface area contributed by atoms with Crippen molar-refractivity contribution in [3.05, 3.63) is 48.2 Å². The van der Waals surface area contributed by atoms with E-state index in [9.17, 15) is 4.79 Å². The zero-order chi connectivity index (χ0) is 19.6. The van der Waals surface area contributed by atoms with Crippen LogP contribution in [0.5, 0.6) is 0 Å². The molecule has 2 rings (SSSR count). The predicted molar refractivity (Wildman–Crippen MR) is 114 cm³/mol. The molecule has 4 heteroatoms. The highest BCUT2D eigenvalue weighted by molar-refractivity contribution is 5.73. The van der Waals surface area contributed by atoms with Crippen molar-refractivity contribution in [3.8, 4) is 0 Å². The average molecular weight is 372 g/mol. The van der Waals surface area contributed by atoms with Crippen molar-refractivity contribution in [1.29, 1.82) is 0 Å². The number of hydrogen-bond donors (Lipinski definition) is 2. The summed E-state index contributed by atoms with van der Waals surface area (Å²) in [5.41, 5.74) is 2.44. The zero-order valence-electron chi connectivity index (χ0n) is 17.3. The largest absolute Gasteiger partial charge is 0.386 e. The van der Waals surface area contributed by atoms with Crippen LogP contribution in [0.25, 0.3) is 0 Å². The summed E-state index contributed by atoms with van der Waals surface area (Å²) in [5, 5.41) is 6.85. The smallest absolute Gasteiger partial charge is 0.217 e. The molecule has 1 saturated heterocycles. The van der Waals surface area contributed by atoms with E-state index in [4.69, 9.17) is 0 Å². The van der Waals surface area contributed by atoms with Gasteiger partial charge in [0, 0.05) is 24.7 Å². The summed E-state index contributed by atoms with van der Waals surface area (Å²) in [6, 6.07) is 10.9. The van der Waals surface area contributed by atoms with Gasteiger partial charge in [-0.3, -0.25) is 4.79 Å². The van der Waals surface area contributed by atoms with Gasteiger partial charge in [0.15, 0.2) is 0 Å². The molecule has 0 aromatic heterocycles. The van der Waals surface area contributed by atoms with Crippen molar-refractivity contribution < 1.29 is 4.79 Å². The maximum Gasteiger partial charge on any atom is 0.217 e. The van der Waals surface area contributed by atoms with Crippen molar-refractivity contribution in [3.63, 3.8) is 0 Å². The Morgan fingerprint density at radius 1 is 1.19 bits per heavy atom. The van der Waals surface area contributed by atoms with E-state index in [1.807, 2.05) is 6.07 Å². The van der Waals surface area contributed by atoms with Crippen molar-refractivity contribution in [2.24, 2.45) is 5.92 Å². The number of allylic oxidation sites excluding steroid dienone is 1. The van der Waals surface area contributed by atoms with Crippen LogP contribution in [0.3, 0.4) is 0 Å². The first-order valence-electron chi connectivity index (χ1n) is 10.4. The number of carbonyl (C=O) groups is 1. The molecule has 0 radical (unpaired) electrons. The molecular weight excluding hydrogens is 334 g/mol. The van der Waals surface area contributed by atoms with Gasteiger partial charge in [0.05, 0.1) is 0 Å². The van der Waals surface area contributed by atoms with Gasteiger partial charge < -0.3 is 15.5 Å². The first-order valence-corrected chi connectivity index (χ1v) is 10.4. The van der Waals surface area contributed by atoms with Crippen molar-refractivity contribution >= 4 is 5.91 Å². The molecule has 27 heavy (non-hydrogen) atoms. The fraction of sp³-hybridized carbons (Fsp3) is 0.609. The van der Waals surface area contributed by atoms with E-state index in [2.05, 4.69) is 60.3 Å². The van der Waals surface area contributed by atoms with E-state index in [0.29, 0.717) is 12.0 Å². The summed E-state index contributed by atoms with van der Waals surface area (Å²) in [5.74, 6) is 0.591. The number of likely N-dealkylation sites (tertiary alicyclic amines) is 1. The lowest BCUT2D eigenvalue weighted by Crippen LogP contribution is -2.42. The second-order valence-electron chi connectivity index (χ2n) is 8.03. The van der Waals surface area contributed by atoms with Crippen LogP contribution >= 0.6 is 0 Å². The molecular formula is C23H37N3O. The quantitative estimate of drug-likeness (QED) is 0.695. The highest BCUT2D eigenvalue weighted by Gasteiger charge is 2.21. The Balaban J connectivity index is 1.94. The third-order valence-corrected chi connectivity index (χ3v) is 5.63. The van der Waals surface area contributed by atoms with Gasteiger partial charge in [0.2, 0.25) is 5.91 Å². The monoisotopic (exact) mass is 371 g/mol. The molecule has 150 valence electrons. The first kappa shape index (κ1) is 21.5. The number of carbonyl (C=O) groups excluding carboxylic acids is 1. The molecule has 1 aliphatic rings. The average Bonchev–Trinajstić information content (AvgIpc) is 2.86. The molecule has 0 spiro atoms. The van der Waals surface area contributed by atoms with Gasteiger partial charge in [-0.15, -0.1) is 0 Å². The Kier molecular flexibility index (Phi) is 8.86. The van der Waals surface area contributed by atoms with Gasteiger partial charge >= 0.3 is 0 Å². The van der Waals surface area contributed by atoms with Crippen LogP contribution < -0.4 is 10.6 Å². The number of nitrogens with zero attached hydrogens (tertiary/aromatic N) is 1. The van der Waals surface area contributed by atoms with Gasteiger partial charge in [-0.05, 0) is 70.1 Å². The molecule has 1 heterocycles. The SMILES string of the molecule is C=C(NC(CC)CC(Cc1ccccc1)NC(C)=O)C1CCCN(C)CC1. The molecule has 1 aromatic rings. The van der Waals surface area contributed by atoms with Crippen molar-refractivity contribution in [2.45, 2.75) is 64.5 Å². The highest BCUT2D eigenvalue weighted by Crippen LogP contribution is 2.23. The third-order valence-electron chi connectivity index (χ3n) is 5.63. The van der Waals surface area contributed by atoms with Crippen LogP contribution in [-0.2, 0) is 11.2 Å². The summed E-state index contributed by atoms with van der Waals surface area (Å²) in [4.78, 5) is 14.1. The van der Waals surface area contributed by atoms with Gasteiger partial charge in [0.1, 0.15) is 0 Å². The molecule has 3 unspecified atom stereocenters. The van der Waals surface area contributed by atoms with E-state index in [-0.39, 0.29) is 11.9 Å². The van der Waals surface area contributed by atoms with Gasteiger partial charge in [0.25, 0.3) is 0 Å². The topological polar surface area (TPSA) is 44.4 Å². The minimum absolute atomic E-state index is 0.0383. The Morgan fingerprint density at radius 3 is 2.59 bits per heavy atom. The van der Waals surface area contributed by atoms with E-state index < -0.39 is 0 Å². The molecule has 3 atom stereocenters. The summed E-state index contributed by atoms with van der Waals surface area (Å²) in [6.45, 7) is 10.5. The molecule has 0 aliphatic carbocycles. The van der Waals surface area contributed by atoms with Crippen molar-refractivity contribution in [1.82, 2.24) is 15.5 Å². The van der Waals surface area contributed by atoms with E-state index >= 15 is 0 Å².